The van der Waals surface area contributed by atoms with Gasteiger partial charge < -0.3 is 20.1 Å². The molecule has 0 amide bonds. The van der Waals surface area contributed by atoms with Gasteiger partial charge in [0, 0.05) is 55.8 Å². The van der Waals surface area contributed by atoms with E-state index in [0.717, 1.165) is 48.3 Å². The number of fused-ring (bicyclic) bond motifs is 1. The molecule has 3 aromatic rings. The summed E-state index contributed by atoms with van der Waals surface area (Å²) in [5, 5.41) is 13.8. The van der Waals surface area contributed by atoms with Crippen LogP contribution in [-0.4, -0.2) is 45.8 Å². The van der Waals surface area contributed by atoms with Crippen LogP contribution in [-0.2, 0) is 13.2 Å². The summed E-state index contributed by atoms with van der Waals surface area (Å²) in [5.41, 5.74) is 1.22. The van der Waals surface area contributed by atoms with Gasteiger partial charge >= 0.3 is 0 Å². The lowest BCUT2D eigenvalue weighted by Crippen LogP contribution is -2.44. The van der Waals surface area contributed by atoms with Gasteiger partial charge in [0.2, 0.25) is 5.43 Å². The molecule has 1 saturated heterocycles. The Morgan fingerprint density at radius 3 is 2.67 bits per heavy atom. The van der Waals surface area contributed by atoms with Crippen molar-refractivity contribution in [1.29, 1.82) is 0 Å². The second-order valence-corrected chi connectivity index (χ2v) is 7.65. The van der Waals surface area contributed by atoms with Gasteiger partial charge in [-0.05, 0) is 36.4 Å². The number of rotatable bonds is 6. The molecule has 0 radical (unpaired) electrons. The van der Waals surface area contributed by atoms with Gasteiger partial charge in [0.25, 0.3) is 5.56 Å². The predicted octanol–water partition coefficient (Wildman–Crippen LogP) is 1.62. The highest BCUT2D eigenvalue weighted by atomic mass is 16.5. The molecule has 8 heteroatoms. The summed E-state index contributed by atoms with van der Waals surface area (Å²) in [6.07, 6.45) is 3.22. The first-order chi connectivity index (χ1) is 14.5. The maximum absolute atomic E-state index is 12.5. The molecule has 3 N–H and O–H groups in total. The Morgan fingerprint density at radius 1 is 1.17 bits per heavy atom. The molecule has 0 saturated carbocycles. The van der Waals surface area contributed by atoms with E-state index >= 15 is 0 Å². The smallest absolute Gasteiger partial charge is 0.252 e. The van der Waals surface area contributed by atoms with Crippen molar-refractivity contribution >= 4 is 10.9 Å². The molecule has 0 atom stereocenters. The third-order valence-corrected chi connectivity index (χ3v) is 5.66. The molecule has 0 spiro atoms. The number of piperidine rings is 1. The van der Waals surface area contributed by atoms with Crippen LogP contribution in [0.1, 0.15) is 18.5 Å². The van der Waals surface area contributed by atoms with Gasteiger partial charge in [-0.2, -0.15) is 0 Å². The zero-order valence-corrected chi connectivity index (χ0v) is 16.9. The number of ether oxygens (including phenoxy) is 1. The second kappa shape index (κ2) is 8.73. The Hall–Kier alpha value is -3.10. The highest BCUT2D eigenvalue weighted by molar-refractivity contribution is 5.80. The van der Waals surface area contributed by atoms with Gasteiger partial charge in [0.05, 0.1) is 19.3 Å². The molecule has 0 aliphatic carbocycles. The first kappa shape index (κ1) is 20.2. The highest BCUT2D eigenvalue weighted by Gasteiger charge is 2.20. The highest BCUT2D eigenvalue weighted by Crippen LogP contribution is 2.20. The molecular weight excluding hydrogens is 384 g/mol. The summed E-state index contributed by atoms with van der Waals surface area (Å²) in [7, 11) is 1.62. The summed E-state index contributed by atoms with van der Waals surface area (Å²) in [4.78, 5) is 29.2. The number of likely N-dealkylation sites (tertiary alicyclic amines) is 1. The molecular formula is C22H26N4O4. The quantitative estimate of drug-likeness (QED) is 0.571. The van der Waals surface area contributed by atoms with E-state index in [1.807, 2.05) is 24.3 Å². The molecule has 1 aliphatic heterocycles. The van der Waals surface area contributed by atoms with Crippen LogP contribution in [0.3, 0.4) is 0 Å². The van der Waals surface area contributed by atoms with E-state index in [9.17, 15) is 14.7 Å². The standard InChI is InChI=1S/C22H26N4O4/c1-30-18-4-2-15-3-5-22(29)26(19(15)11-18)14-25-8-6-16(7-9-25)23-12-17-10-20(27)21(28)13-24-17/h2-5,10-11,13,16,23,28H,6-9,12,14H2,1H3,(H,24,27). The van der Waals surface area contributed by atoms with Crippen molar-refractivity contribution in [2.75, 3.05) is 20.2 Å². The Labute approximate surface area is 173 Å². The molecule has 0 unspecified atom stereocenters. The molecule has 1 aliphatic rings. The fourth-order valence-corrected chi connectivity index (χ4v) is 3.88. The number of aromatic hydroxyl groups is 1. The van der Waals surface area contributed by atoms with E-state index in [-0.39, 0.29) is 16.7 Å². The van der Waals surface area contributed by atoms with E-state index in [4.69, 9.17) is 4.74 Å². The molecule has 158 valence electrons. The molecule has 4 rings (SSSR count). The Morgan fingerprint density at radius 2 is 1.93 bits per heavy atom. The van der Waals surface area contributed by atoms with Crippen LogP contribution in [0.15, 0.2) is 52.2 Å². The van der Waals surface area contributed by atoms with Crippen molar-refractivity contribution in [3.05, 3.63) is 68.9 Å². The Kier molecular flexibility index (Phi) is 5.87. The minimum absolute atomic E-state index is 0.0210. The van der Waals surface area contributed by atoms with Gasteiger partial charge in [-0.3, -0.25) is 19.1 Å². The average Bonchev–Trinajstić information content (AvgIpc) is 2.77. The SMILES string of the molecule is COc1ccc2ccc(=O)n(CN3CCC(NCc4cc(=O)c(O)c[nH]4)CC3)c2c1. The van der Waals surface area contributed by atoms with Crippen molar-refractivity contribution in [2.45, 2.75) is 32.1 Å². The fraction of sp³-hybridized carbons (Fsp3) is 0.364. The van der Waals surface area contributed by atoms with Crippen LogP contribution in [0.4, 0.5) is 0 Å². The number of aromatic amines is 1. The molecule has 30 heavy (non-hydrogen) atoms. The number of methoxy groups -OCH3 is 1. The zero-order chi connectivity index (χ0) is 21.1. The summed E-state index contributed by atoms with van der Waals surface area (Å²) in [5.74, 6) is 0.463. The number of hydrogen-bond donors (Lipinski definition) is 3. The number of pyridine rings is 2. The molecule has 1 fully saturated rings. The minimum Gasteiger partial charge on any atom is -0.503 e. The van der Waals surface area contributed by atoms with Gasteiger partial charge in [0.15, 0.2) is 5.75 Å². The largest absolute Gasteiger partial charge is 0.503 e. The maximum atomic E-state index is 12.5. The van der Waals surface area contributed by atoms with Crippen LogP contribution in [0.5, 0.6) is 11.5 Å². The summed E-state index contributed by atoms with van der Waals surface area (Å²) < 4.78 is 7.12. The van der Waals surface area contributed by atoms with Gasteiger partial charge in [-0.25, -0.2) is 0 Å². The zero-order valence-electron chi connectivity index (χ0n) is 16.9. The molecule has 2 aromatic heterocycles. The van der Waals surface area contributed by atoms with E-state index < -0.39 is 0 Å². The van der Waals surface area contributed by atoms with Crippen molar-refractivity contribution < 1.29 is 9.84 Å². The number of H-pyrrole nitrogens is 1. The lowest BCUT2D eigenvalue weighted by molar-refractivity contribution is 0.159. The van der Waals surface area contributed by atoms with E-state index in [2.05, 4.69) is 15.2 Å². The first-order valence-corrected chi connectivity index (χ1v) is 10.1. The van der Waals surface area contributed by atoms with Gasteiger partial charge in [-0.15, -0.1) is 0 Å². The third-order valence-electron chi connectivity index (χ3n) is 5.66. The minimum atomic E-state index is -0.377. The Bertz CT molecular complexity index is 1150. The van der Waals surface area contributed by atoms with Crippen LogP contribution in [0.2, 0.25) is 0 Å². The van der Waals surface area contributed by atoms with Crippen molar-refractivity contribution in [1.82, 2.24) is 19.8 Å². The fourth-order valence-electron chi connectivity index (χ4n) is 3.88. The second-order valence-electron chi connectivity index (χ2n) is 7.65. The topological polar surface area (TPSA) is 99.6 Å². The van der Waals surface area contributed by atoms with E-state index in [1.165, 1.54) is 12.3 Å². The lowest BCUT2D eigenvalue weighted by atomic mass is 10.1. The number of nitrogens with zero attached hydrogens (tertiary/aromatic N) is 2. The van der Waals surface area contributed by atoms with Gasteiger partial charge in [0.1, 0.15) is 5.75 Å². The molecule has 3 heterocycles. The van der Waals surface area contributed by atoms with Crippen LogP contribution >= 0.6 is 0 Å². The first-order valence-electron chi connectivity index (χ1n) is 10.1. The number of nitrogens with one attached hydrogen (secondary N) is 2. The maximum Gasteiger partial charge on any atom is 0.252 e. The van der Waals surface area contributed by atoms with E-state index in [1.54, 1.807) is 17.7 Å². The lowest BCUT2D eigenvalue weighted by Gasteiger charge is -2.33. The molecule has 0 bridgehead atoms. The third kappa shape index (κ3) is 4.39. The number of aromatic nitrogens is 2. The molecule has 1 aromatic carbocycles. The van der Waals surface area contributed by atoms with Crippen molar-refractivity contribution in [3.63, 3.8) is 0 Å². The normalized spacial score (nSPS) is 15.5. The van der Waals surface area contributed by atoms with Gasteiger partial charge in [-0.1, -0.05) is 0 Å². The summed E-state index contributed by atoms with van der Waals surface area (Å²) in [6.45, 7) is 2.83. The van der Waals surface area contributed by atoms with E-state index in [0.29, 0.717) is 19.3 Å². The predicted molar refractivity (Wildman–Crippen MR) is 115 cm³/mol. The van der Waals surface area contributed by atoms with Crippen molar-refractivity contribution in [3.8, 4) is 11.5 Å². The van der Waals surface area contributed by atoms with Crippen LogP contribution in [0.25, 0.3) is 10.9 Å². The van der Waals surface area contributed by atoms with Crippen LogP contribution in [0, 0.1) is 0 Å². The monoisotopic (exact) mass is 410 g/mol. The summed E-state index contributed by atoms with van der Waals surface area (Å²) >= 11 is 0. The Balaban J connectivity index is 1.38. The van der Waals surface area contributed by atoms with Crippen molar-refractivity contribution in [2.24, 2.45) is 0 Å². The van der Waals surface area contributed by atoms with Crippen LogP contribution < -0.4 is 21.0 Å². The molecule has 8 nitrogen and oxygen atoms in total. The summed E-state index contributed by atoms with van der Waals surface area (Å²) in [6, 6.07) is 11.0. The number of hydrogen-bond acceptors (Lipinski definition) is 6. The number of benzene rings is 1. The average molecular weight is 410 g/mol.